The minimum Gasteiger partial charge on any atom is -0.459 e. The molecule has 3 aliphatic carbocycles. The number of fused-ring (bicyclic) bond motifs is 2. The van der Waals surface area contributed by atoms with E-state index in [0.29, 0.717) is 12.0 Å². The summed E-state index contributed by atoms with van der Waals surface area (Å²) in [6.07, 6.45) is -3.32. The largest absolute Gasteiger partial charge is 0.459 e. The molecule has 2 aliphatic heterocycles. The van der Waals surface area contributed by atoms with Crippen LogP contribution in [0.4, 0.5) is 0 Å². The Hall–Kier alpha value is -2.07. The van der Waals surface area contributed by atoms with Gasteiger partial charge in [-0.1, -0.05) is 18.1 Å². The first-order valence-electron chi connectivity index (χ1n) is 11.8. The summed E-state index contributed by atoms with van der Waals surface area (Å²) in [6.45, 7) is 8.61. The molecule has 2 saturated carbocycles. The summed E-state index contributed by atoms with van der Waals surface area (Å²) in [5.74, 6) is -3.97. The Bertz CT molecular complexity index is 1030. The van der Waals surface area contributed by atoms with Crippen LogP contribution >= 0.6 is 0 Å². The Morgan fingerprint density at radius 3 is 2.50 bits per heavy atom. The highest BCUT2D eigenvalue weighted by Gasteiger charge is 2.82. The van der Waals surface area contributed by atoms with Crippen molar-refractivity contribution in [3.05, 3.63) is 23.3 Å². The van der Waals surface area contributed by atoms with Crippen LogP contribution in [0.3, 0.4) is 0 Å². The lowest BCUT2D eigenvalue weighted by atomic mass is 9.38. The smallest absolute Gasteiger partial charge is 0.348 e. The average molecular weight is 477 g/mol. The quantitative estimate of drug-likeness (QED) is 0.383. The fourth-order valence-corrected chi connectivity index (χ4v) is 8.07. The minimum absolute atomic E-state index is 0.0214. The Balaban J connectivity index is 1.70. The van der Waals surface area contributed by atoms with Gasteiger partial charge < -0.3 is 29.5 Å². The third-order valence-electron chi connectivity index (χ3n) is 9.35. The van der Waals surface area contributed by atoms with Crippen LogP contribution in [0.15, 0.2) is 23.3 Å². The molecule has 5 rings (SSSR count). The molecule has 2 heterocycles. The van der Waals surface area contributed by atoms with Crippen LogP contribution in [0.25, 0.3) is 0 Å². The second kappa shape index (κ2) is 7.22. The molecule has 1 spiro atoms. The van der Waals surface area contributed by atoms with Crippen LogP contribution in [0, 0.1) is 28.6 Å². The number of aliphatic hydroxyl groups excluding tert-OH is 3. The molecule has 4 fully saturated rings. The maximum absolute atomic E-state index is 13.2. The molecular formula is C25H32O9. The van der Waals surface area contributed by atoms with Crippen molar-refractivity contribution in [1.82, 2.24) is 0 Å². The molecule has 0 aromatic carbocycles. The summed E-state index contributed by atoms with van der Waals surface area (Å²) in [7, 11) is 0. The summed E-state index contributed by atoms with van der Waals surface area (Å²) in [5.41, 5.74) is -2.21. The van der Waals surface area contributed by atoms with Gasteiger partial charge in [0.25, 0.3) is 0 Å². The number of hydrogen-bond donors (Lipinski definition) is 3. The second-order valence-corrected chi connectivity index (χ2v) is 11.3. The van der Waals surface area contributed by atoms with E-state index in [4.69, 9.17) is 14.2 Å². The van der Waals surface area contributed by atoms with Crippen molar-refractivity contribution < 1.29 is 43.9 Å². The number of carbonyl (C=O) groups is 3. The number of carbonyl (C=O) groups excluding carboxylic acids is 3. The molecule has 11 atom stereocenters. The lowest BCUT2D eigenvalue weighted by Gasteiger charge is -2.68. The third kappa shape index (κ3) is 2.67. The van der Waals surface area contributed by atoms with Crippen LogP contribution in [0.2, 0.25) is 0 Å². The number of allylic oxidation sites excluding steroid dienone is 2. The van der Waals surface area contributed by atoms with Gasteiger partial charge >= 0.3 is 11.9 Å². The van der Waals surface area contributed by atoms with E-state index in [1.165, 1.54) is 12.2 Å². The molecule has 0 aromatic heterocycles. The van der Waals surface area contributed by atoms with E-state index in [1.54, 1.807) is 34.6 Å². The summed E-state index contributed by atoms with van der Waals surface area (Å²) in [5, 5.41) is 34.0. The van der Waals surface area contributed by atoms with Gasteiger partial charge in [-0.3, -0.25) is 4.79 Å². The van der Waals surface area contributed by atoms with E-state index in [2.05, 4.69) is 0 Å². The molecule has 0 radical (unpaired) electrons. The van der Waals surface area contributed by atoms with Crippen LogP contribution < -0.4 is 0 Å². The monoisotopic (exact) mass is 476 g/mol. The molecule has 0 amide bonds. The molecule has 9 heteroatoms. The maximum atomic E-state index is 13.2. The number of esters is 2. The van der Waals surface area contributed by atoms with Gasteiger partial charge in [-0.25, -0.2) is 9.59 Å². The minimum atomic E-state index is -1.45. The first kappa shape index (κ1) is 23.7. The highest BCUT2D eigenvalue weighted by atomic mass is 16.6. The molecule has 2 saturated heterocycles. The average Bonchev–Trinajstić information content (AvgIpc) is 3.01. The van der Waals surface area contributed by atoms with E-state index in [9.17, 15) is 29.7 Å². The van der Waals surface area contributed by atoms with Gasteiger partial charge in [-0.15, -0.1) is 0 Å². The molecule has 5 aliphatic rings. The molecule has 0 unspecified atom stereocenters. The van der Waals surface area contributed by atoms with Crippen molar-refractivity contribution in [2.45, 2.75) is 77.2 Å². The third-order valence-corrected chi connectivity index (χ3v) is 9.35. The van der Waals surface area contributed by atoms with Gasteiger partial charge in [-0.05, 0) is 46.1 Å². The highest BCUT2D eigenvalue weighted by Crippen LogP contribution is 2.72. The second-order valence-electron chi connectivity index (χ2n) is 11.3. The van der Waals surface area contributed by atoms with Crippen LogP contribution in [0.1, 0.15) is 41.0 Å². The number of rotatable bonds is 2. The Kier molecular flexibility index (Phi) is 5.03. The van der Waals surface area contributed by atoms with Gasteiger partial charge in [-0.2, -0.15) is 0 Å². The maximum Gasteiger partial charge on any atom is 0.348 e. The van der Waals surface area contributed by atoms with Gasteiger partial charge in [0, 0.05) is 22.8 Å². The molecule has 2 bridgehead atoms. The Morgan fingerprint density at radius 1 is 1.18 bits per heavy atom. The summed E-state index contributed by atoms with van der Waals surface area (Å²) < 4.78 is 17.6. The molecular weight excluding hydrogens is 444 g/mol. The Morgan fingerprint density at radius 2 is 1.85 bits per heavy atom. The summed E-state index contributed by atoms with van der Waals surface area (Å²) in [4.78, 5) is 38.5. The topological polar surface area (TPSA) is 140 Å². The van der Waals surface area contributed by atoms with E-state index < -0.39 is 76.5 Å². The molecule has 34 heavy (non-hydrogen) atoms. The van der Waals surface area contributed by atoms with E-state index in [-0.39, 0.29) is 12.5 Å². The number of ketones is 1. The first-order valence-corrected chi connectivity index (χ1v) is 11.8. The van der Waals surface area contributed by atoms with E-state index >= 15 is 0 Å². The zero-order valence-electron chi connectivity index (χ0n) is 20.0. The van der Waals surface area contributed by atoms with Crippen molar-refractivity contribution in [1.29, 1.82) is 0 Å². The van der Waals surface area contributed by atoms with E-state index in [1.807, 2.05) is 0 Å². The summed E-state index contributed by atoms with van der Waals surface area (Å²) in [6, 6.07) is 0. The number of aliphatic hydroxyl groups is 3. The number of ether oxygens (including phenoxy) is 3. The molecule has 3 N–H and O–H groups in total. The predicted octanol–water partition coefficient (Wildman–Crippen LogP) is 0.449. The lowest BCUT2D eigenvalue weighted by Crippen LogP contribution is -2.78. The molecule has 186 valence electrons. The first-order chi connectivity index (χ1) is 15.8. The van der Waals surface area contributed by atoms with Gasteiger partial charge in [0.1, 0.15) is 23.9 Å². The molecule has 0 aromatic rings. The van der Waals surface area contributed by atoms with Crippen LogP contribution in [-0.2, 0) is 28.6 Å². The van der Waals surface area contributed by atoms with Crippen LogP contribution in [-0.4, -0.2) is 75.8 Å². The van der Waals surface area contributed by atoms with Crippen molar-refractivity contribution in [3.63, 3.8) is 0 Å². The zero-order chi connectivity index (χ0) is 25.0. The van der Waals surface area contributed by atoms with E-state index in [0.717, 1.165) is 5.57 Å². The standard InChI is InChI=1S/C25H32O9/c1-10(2)6-15(27)34-17-19-24(5)21(30)16(28)18-23(4)12(11(3)7-13(26)20(23)29)8-14(33-22(17)31)25(18,19)9-32-24/h6-7,12,14,16-21,28-30H,8-9H2,1-5H3/t12-,14+,16+,17+,18+,19-,20+,21-,23-,24-,25+/m0/s1. The highest BCUT2D eigenvalue weighted by molar-refractivity contribution is 5.96. The van der Waals surface area contributed by atoms with Crippen molar-refractivity contribution >= 4 is 17.7 Å². The van der Waals surface area contributed by atoms with Gasteiger partial charge in [0.2, 0.25) is 6.10 Å². The zero-order valence-corrected chi connectivity index (χ0v) is 20.0. The SMILES string of the molecule is CC(C)=CC(=O)O[C@H]1C(=O)O[C@@H]2C[C@H]3C(C)=CC(=O)[C@@H](O)[C@]3(C)[C@H]3[C@@H](O)[C@H](O)[C@@]4(C)OC[C@]32[C@@H]14. The molecule has 9 nitrogen and oxygen atoms in total. The van der Waals surface area contributed by atoms with Crippen molar-refractivity contribution in [2.24, 2.45) is 28.6 Å². The fourth-order valence-electron chi connectivity index (χ4n) is 8.07. The predicted molar refractivity (Wildman–Crippen MR) is 116 cm³/mol. The number of hydrogen-bond acceptors (Lipinski definition) is 9. The fraction of sp³-hybridized carbons (Fsp3) is 0.720. The summed E-state index contributed by atoms with van der Waals surface area (Å²) >= 11 is 0. The van der Waals surface area contributed by atoms with Crippen molar-refractivity contribution in [2.75, 3.05) is 6.61 Å². The van der Waals surface area contributed by atoms with Crippen LogP contribution in [0.5, 0.6) is 0 Å². The Labute approximate surface area is 197 Å². The van der Waals surface area contributed by atoms with Gasteiger partial charge in [0.15, 0.2) is 5.78 Å². The lowest BCUT2D eigenvalue weighted by molar-refractivity contribution is -0.297. The van der Waals surface area contributed by atoms with Gasteiger partial charge in [0.05, 0.1) is 18.6 Å². The van der Waals surface area contributed by atoms with Crippen molar-refractivity contribution in [3.8, 4) is 0 Å². The normalized spacial score (nSPS) is 51.0.